The van der Waals surface area contributed by atoms with Gasteiger partial charge in [0.2, 0.25) is 5.91 Å². The van der Waals surface area contributed by atoms with E-state index < -0.39 is 21.5 Å². The largest absolute Gasteiger partial charge is 0.355 e. The number of nitrogens with one attached hydrogen (secondary N) is 1. The van der Waals surface area contributed by atoms with E-state index in [9.17, 15) is 13.2 Å². The van der Waals surface area contributed by atoms with Crippen molar-refractivity contribution in [3.63, 3.8) is 0 Å². The van der Waals surface area contributed by atoms with Crippen LogP contribution < -0.4 is 11.1 Å². The van der Waals surface area contributed by atoms with Crippen molar-refractivity contribution in [2.45, 2.75) is 26.7 Å². The molecule has 5 nitrogen and oxygen atoms in total. The van der Waals surface area contributed by atoms with Gasteiger partial charge in [-0.15, -0.1) is 0 Å². The quantitative estimate of drug-likeness (QED) is 0.661. The number of rotatable bonds is 7. The zero-order chi connectivity index (χ0) is 12.8. The Morgan fingerprint density at radius 3 is 2.12 bits per heavy atom. The molecular weight excluding hydrogens is 228 g/mol. The summed E-state index contributed by atoms with van der Waals surface area (Å²) in [5, 5.41) is 2.63. The maximum atomic E-state index is 11.3. The average Bonchev–Trinajstić information content (AvgIpc) is 2.18. The van der Waals surface area contributed by atoms with Crippen LogP contribution in [0.15, 0.2) is 0 Å². The van der Waals surface area contributed by atoms with Gasteiger partial charge in [-0.3, -0.25) is 4.79 Å². The molecule has 96 valence electrons. The summed E-state index contributed by atoms with van der Waals surface area (Å²) in [4.78, 5) is 11.3. The maximum Gasteiger partial charge on any atom is 0.235 e. The van der Waals surface area contributed by atoms with Crippen LogP contribution in [0.3, 0.4) is 0 Å². The summed E-state index contributed by atoms with van der Waals surface area (Å²) >= 11 is 0. The zero-order valence-electron chi connectivity index (χ0n) is 10.2. The second-order valence-electron chi connectivity index (χ2n) is 4.26. The lowest BCUT2D eigenvalue weighted by Gasteiger charge is -2.30. The van der Waals surface area contributed by atoms with Gasteiger partial charge >= 0.3 is 0 Å². The van der Waals surface area contributed by atoms with Gasteiger partial charge in [0.1, 0.15) is 5.75 Å². The summed E-state index contributed by atoms with van der Waals surface area (Å²) in [6.45, 7) is 4.95. The molecule has 0 atom stereocenters. The fraction of sp³-hybridized carbons (Fsp3) is 0.900. The van der Waals surface area contributed by atoms with Crippen molar-refractivity contribution in [2.75, 3.05) is 25.1 Å². The van der Waals surface area contributed by atoms with Crippen LogP contribution in [0, 0.1) is 5.41 Å². The van der Waals surface area contributed by atoms with Crippen LogP contribution in [0.25, 0.3) is 0 Å². The fourth-order valence-corrected chi connectivity index (χ4v) is 2.01. The van der Waals surface area contributed by atoms with Crippen molar-refractivity contribution < 1.29 is 13.2 Å². The van der Waals surface area contributed by atoms with Gasteiger partial charge in [-0.25, -0.2) is 8.42 Å². The van der Waals surface area contributed by atoms with E-state index in [1.165, 1.54) is 0 Å². The third-order valence-electron chi connectivity index (χ3n) is 2.99. The van der Waals surface area contributed by atoms with E-state index in [4.69, 9.17) is 5.73 Å². The van der Waals surface area contributed by atoms with Crippen LogP contribution >= 0.6 is 0 Å². The first kappa shape index (κ1) is 15.4. The van der Waals surface area contributed by atoms with E-state index in [0.717, 1.165) is 19.1 Å². The maximum absolute atomic E-state index is 11.3. The molecule has 0 fully saturated rings. The van der Waals surface area contributed by atoms with Crippen molar-refractivity contribution in [2.24, 2.45) is 11.1 Å². The number of hydrogen-bond donors (Lipinski definition) is 2. The van der Waals surface area contributed by atoms with Crippen LogP contribution in [-0.4, -0.2) is 39.4 Å². The van der Waals surface area contributed by atoms with Crippen LogP contribution in [0.2, 0.25) is 0 Å². The van der Waals surface area contributed by atoms with Crippen molar-refractivity contribution >= 4 is 15.7 Å². The molecule has 0 spiro atoms. The van der Waals surface area contributed by atoms with Crippen LogP contribution in [0.4, 0.5) is 0 Å². The number of nitrogens with two attached hydrogens (primary N) is 1. The average molecular weight is 250 g/mol. The zero-order valence-corrected chi connectivity index (χ0v) is 11.1. The Morgan fingerprint density at radius 2 is 1.81 bits per heavy atom. The van der Waals surface area contributed by atoms with Crippen LogP contribution in [0.1, 0.15) is 26.7 Å². The lowest BCUT2D eigenvalue weighted by molar-refractivity contribution is -0.119. The van der Waals surface area contributed by atoms with Gasteiger partial charge in [0.05, 0.1) is 0 Å². The summed E-state index contributed by atoms with van der Waals surface area (Å²) in [6.07, 6.45) is 2.76. The molecule has 0 saturated carbocycles. The van der Waals surface area contributed by atoms with Gasteiger partial charge < -0.3 is 11.1 Å². The summed E-state index contributed by atoms with van der Waals surface area (Å²) in [5.41, 5.74) is 5.55. The molecular formula is C10H22N2O3S. The Labute approximate surface area is 97.7 Å². The third kappa shape index (κ3) is 5.46. The topological polar surface area (TPSA) is 89.3 Å². The van der Waals surface area contributed by atoms with Crippen molar-refractivity contribution in [3.8, 4) is 0 Å². The van der Waals surface area contributed by atoms with Gasteiger partial charge in [-0.2, -0.15) is 0 Å². The predicted octanol–water partition coefficient (Wildman–Crippen LogP) is -0.0877. The molecule has 0 aromatic rings. The molecule has 0 unspecified atom stereocenters. The van der Waals surface area contributed by atoms with Gasteiger partial charge in [-0.05, 0) is 24.8 Å². The molecule has 6 heteroatoms. The summed E-state index contributed by atoms with van der Waals surface area (Å²) in [7, 11) is -3.25. The van der Waals surface area contributed by atoms with Gasteiger partial charge in [0, 0.05) is 12.8 Å². The molecule has 0 aromatic carbocycles. The smallest absolute Gasteiger partial charge is 0.235 e. The lowest BCUT2D eigenvalue weighted by atomic mass is 9.82. The van der Waals surface area contributed by atoms with Crippen LogP contribution in [-0.2, 0) is 14.6 Å². The molecule has 0 aliphatic heterocycles. The normalized spacial score (nSPS) is 12.5. The molecule has 1 amide bonds. The van der Waals surface area contributed by atoms with E-state index in [1.807, 2.05) is 13.8 Å². The molecule has 0 heterocycles. The Morgan fingerprint density at radius 1 is 1.31 bits per heavy atom. The third-order valence-corrected chi connectivity index (χ3v) is 3.77. The monoisotopic (exact) mass is 250 g/mol. The molecule has 0 aliphatic rings. The first-order valence-corrected chi connectivity index (χ1v) is 7.49. The molecule has 0 radical (unpaired) electrons. The molecule has 0 aromatic heterocycles. The minimum atomic E-state index is -3.25. The first-order valence-electron chi connectivity index (χ1n) is 5.43. The summed E-state index contributed by atoms with van der Waals surface area (Å²) in [5.74, 6) is -0.914. The lowest BCUT2D eigenvalue weighted by Crippen LogP contribution is -2.43. The minimum absolute atomic E-state index is 0.118. The molecule has 0 rings (SSSR count). The van der Waals surface area contributed by atoms with E-state index in [2.05, 4.69) is 5.32 Å². The van der Waals surface area contributed by atoms with Crippen LogP contribution in [0.5, 0.6) is 0 Å². The Balaban J connectivity index is 4.27. The predicted molar refractivity (Wildman–Crippen MR) is 64.8 cm³/mol. The minimum Gasteiger partial charge on any atom is -0.355 e. The Hall–Kier alpha value is -0.620. The fourth-order valence-electron chi connectivity index (χ4n) is 1.44. The summed E-state index contributed by atoms with van der Waals surface area (Å²) in [6, 6.07) is 0. The number of carbonyl (C=O) groups excluding carboxylic acids is 1. The van der Waals surface area contributed by atoms with E-state index in [0.29, 0.717) is 13.1 Å². The molecule has 3 N–H and O–H groups in total. The van der Waals surface area contributed by atoms with Gasteiger partial charge in [0.15, 0.2) is 9.84 Å². The highest BCUT2D eigenvalue weighted by atomic mass is 32.2. The molecule has 0 bridgehead atoms. The molecule has 0 aliphatic carbocycles. The standard InChI is InChI=1S/C10H22N2O3S/c1-4-10(5-2,7-11)8-12-9(13)6-16(3,14)15/h4-8,11H2,1-3H3,(H,12,13). The molecule has 0 saturated heterocycles. The van der Waals surface area contributed by atoms with Gasteiger partial charge in [0.25, 0.3) is 0 Å². The number of carbonyl (C=O) groups is 1. The van der Waals surface area contributed by atoms with E-state index >= 15 is 0 Å². The van der Waals surface area contributed by atoms with Crippen molar-refractivity contribution in [1.29, 1.82) is 0 Å². The number of sulfone groups is 1. The number of amides is 1. The van der Waals surface area contributed by atoms with Gasteiger partial charge in [-0.1, -0.05) is 13.8 Å². The number of hydrogen-bond acceptors (Lipinski definition) is 4. The van der Waals surface area contributed by atoms with Crippen molar-refractivity contribution in [3.05, 3.63) is 0 Å². The summed E-state index contributed by atoms with van der Waals surface area (Å²) < 4.78 is 21.8. The second kappa shape index (κ2) is 6.20. The second-order valence-corrected chi connectivity index (χ2v) is 6.40. The van der Waals surface area contributed by atoms with E-state index in [-0.39, 0.29) is 5.41 Å². The van der Waals surface area contributed by atoms with Crippen molar-refractivity contribution in [1.82, 2.24) is 5.32 Å². The van der Waals surface area contributed by atoms with E-state index in [1.54, 1.807) is 0 Å². The SMILES string of the molecule is CCC(CC)(CN)CNC(=O)CS(C)(=O)=O. The molecule has 16 heavy (non-hydrogen) atoms. The Kier molecular flexibility index (Phi) is 5.96. The highest BCUT2D eigenvalue weighted by Crippen LogP contribution is 2.23. The highest BCUT2D eigenvalue weighted by Gasteiger charge is 2.25. The Bertz CT molecular complexity index is 313. The highest BCUT2D eigenvalue weighted by molar-refractivity contribution is 7.91. The first-order chi connectivity index (χ1) is 7.28.